The van der Waals surface area contributed by atoms with Gasteiger partial charge in [-0.1, -0.05) is 17.7 Å². The molecule has 0 spiro atoms. The van der Waals surface area contributed by atoms with Crippen molar-refractivity contribution < 1.29 is 9.13 Å². The van der Waals surface area contributed by atoms with Gasteiger partial charge >= 0.3 is 0 Å². The monoisotopic (exact) mass is 280 g/mol. The fourth-order valence-electron chi connectivity index (χ4n) is 2.01. The molecule has 5 heteroatoms. The van der Waals surface area contributed by atoms with E-state index in [1.165, 1.54) is 12.3 Å². The molecule has 1 aromatic carbocycles. The predicted octanol–water partition coefficient (Wildman–Crippen LogP) is 3.19. The van der Waals surface area contributed by atoms with Crippen LogP contribution in [0.4, 0.5) is 4.39 Å². The van der Waals surface area contributed by atoms with Crippen molar-refractivity contribution in [3.05, 3.63) is 58.6 Å². The summed E-state index contributed by atoms with van der Waals surface area (Å²) in [5.41, 5.74) is 1.60. The molecule has 0 fully saturated rings. The van der Waals surface area contributed by atoms with Gasteiger partial charge < -0.3 is 10.1 Å². The van der Waals surface area contributed by atoms with Crippen molar-refractivity contribution in [2.24, 2.45) is 0 Å². The Balaban J connectivity index is 2.48. The van der Waals surface area contributed by atoms with E-state index in [0.717, 1.165) is 11.1 Å². The largest absolute Gasteiger partial charge is 0.496 e. The number of halogens is 2. The molecule has 0 aliphatic carbocycles. The fraction of sp³-hybridized carbons (Fsp3) is 0.214. The minimum atomic E-state index is -0.370. The number of hydrogen-bond donors (Lipinski definition) is 1. The first-order valence-electron chi connectivity index (χ1n) is 5.77. The quantitative estimate of drug-likeness (QED) is 0.934. The maximum absolute atomic E-state index is 13.3. The molecule has 0 amide bonds. The highest BCUT2D eigenvalue weighted by atomic mass is 35.5. The predicted molar refractivity (Wildman–Crippen MR) is 73.1 cm³/mol. The van der Waals surface area contributed by atoms with Crippen LogP contribution in [0, 0.1) is 5.82 Å². The maximum atomic E-state index is 13.3. The molecule has 1 N–H and O–H groups in total. The van der Waals surface area contributed by atoms with E-state index in [1.54, 1.807) is 32.5 Å². The van der Waals surface area contributed by atoms with E-state index in [2.05, 4.69) is 10.3 Å². The second kappa shape index (κ2) is 5.99. The van der Waals surface area contributed by atoms with Crippen molar-refractivity contribution in [1.29, 1.82) is 0 Å². The summed E-state index contributed by atoms with van der Waals surface area (Å²) in [6, 6.07) is 6.59. The van der Waals surface area contributed by atoms with Gasteiger partial charge in [-0.05, 0) is 30.8 Å². The molecule has 1 heterocycles. The van der Waals surface area contributed by atoms with E-state index in [4.69, 9.17) is 16.3 Å². The van der Waals surface area contributed by atoms with E-state index in [1.807, 2.05) is 6.07 Å². The molecule has 1 atom stereocenters. The lowest BCUT2D eigenvalue weighted by atomic mass is 9.99. The van der Waals surface area contributed by atoms with Crippen LogP contribution in [0.1, 0.15) is 17.2 Å². The molecule has 100 valence electrons. The second-order valence-electron chi connectivity index (χ2n) is 4.04. The average molecular weight is 281 g/mol. The topological polar surface area (TPSA) is 34.2 Å². The average Bonchev–Trinajstić information content (AvgIpc) is 2.41. The van der Waals surface area contributed by atoms with Crippen LogP contribution in [-0.2, 0) is 0 Å². The molecule has 0 aliphatic rings. The zero-order chi connectivity index (χ0) is 13.8. The number of nitrogens with zero attached hydrogens (tertiary/aromatic N) is 1. The van der Waals surface area contributed by atoms with E-state index in [9.17, 15) is 4.39 Å². The van der Waals surface area contributed by atoms with Crippen molar-refractivity contribution in [2.75, 3.05) is 14.2 Å². The summed E-state index contributed by atoms with van der Waals surface area (Å²) >= 11 is 5.94. The third-order valence-electron chi connectivity index (χ3n) is 2.85. The van der Waals surface area contributed by atoms with E-state index < -0.39 is 0 Å². The molecule has 2 rings (SSSR count). The summed E-state index contributed by atoms with van der Waals surface area (Å²) in [6.45, 7) is 0. The highest BCUT2D eigenvalue weighted by molar-refractivity contribution is 6.30. The van der Waals surface area contributed by atoms with Crippen molar-refractivity contribution in [3.63, 3.8) is 0 Å². The van der Waals surface area contributed by atoms with Crippen molar-refractivity contribution >= 4 is 11.6 Å². The Bertz CT molecular complexity index is 577. The van der Waals surface area contributed by atoms with E-state index in [0.29, 0.717) is 10.8 Å². The van der Waals surface area contributed by atoms with Crippen LogP contribution in [0.2, 0.25) is 5.02 Å². The Kier molecular flexibility index (Phi) is 4.35. The van der Waals surface area contributed by atoms with E-state index in [-0.39, 0.29) is 11.9 Å². The SMILES string of the molecule is CNC(c1cncc(F)c1)c1ccc(Cl)cc1OC. The van der Waals surface area contributed by atoms with Gasteiger partial charge in [0.2, 0.25) is 0 Å². The molecule has 0 saturated carbocycles. The molecule has 0 saturated heterocycles. The minimum Gasteiger partial charge on any atom is -0.496 e. The van der Waals surface area contributed by atoms with Crippen LogP contribution in [0.25, 0.3) is 0 Å². The summed E-state index contributed by atoms with van der Waals surface area (Å²) in [5, 5.41) is 3.72. The highest BCUT2D eigenvalue weighted by Gasteiger charge is 2.17. The zero-order valence-electron chi connectivity index (χ0n) is 10.7. The van der Waals surface area contributed by atoms with Crippen molar-refractivity contribution in [1.82, 2.24) is 10.3 Å². The third-order valence-corrected chi connectivity index (χ3v) is 3.09. The third kappa shape index (κ3) is 3.03. The van der Waals surface area contributed by atoms with Crippen LogP contribution in [-0.4, -0.2) is 19.1 Å². The first-order valence-corrected chi connectivity index (χ1v) is 6.14. The molecule has 19 heavy (non-hydrogen) atoms. The molecule has 1 aromatic heterocycles. The summed E-state index contributed by atoms with van der Waals surface area (Å²) in [4.78, 5) is 3.87. The van der Waals surface area contributed by atoms with Gasteiger partial charge in [-0.3, -0.25) is 4.98 Å². The molecule has 3 nitrogen and oxygen atoms in total. The first kappa shape index (κ1) is 13.8. The van der Waals surface area contributed by atoms with Gasteiger partial charge in [-0.2, -0.15) is 0 Å². The lowest BCUT2D eigenvalue weighted by Crippen LogP contribution is -2.18. The molecule has 1 unspecified atom stereocenters. The lowest BCUT2D eigenvalue weighted by Gasteiger charge is -2.19. The fourth-order valence-corrected chi connectivity index (χ4v) is 2.17. The Labute approximate surface area is 116 Å². The normalized spacial score (nSPS) is 12.2. The van der Waals surface area contributed by atoms with Gasteiger partial charge in [0.15, 0.2) is 0 Å². The van der Waals surface area contributed by atoms with Crippen LogP contribution in [0.3, 0.4) is 0 Å². The smallest absolute Gasteiger partial charge is 0.141 e. The maximum Gasteiger partial charge on any atom is 0.141 e. The van der Waals surface area contributed by atoms with Crippen LogP contribution >= 0.6 is 11.6 Å². The summed E-state index contributed by atoms with van der Waals surface area (Å²) in [6.07, 6.45) is 2.80. The molecule has 0 aliphatic heterocycles. The number of rotatable bonds is 4. The van der Waals surface area contributed by atoms with Gasteiger partial charge in [-0.15, -0.1) is 0 Å². The minimum absolute atomic E-state index is 0.213. The van der Waals surface area contributed by atoms with Crippen LogP contribution in [0.5, 0.6) is 5.75 Å². The number of nitrogens with one attached hydrogen (secondary N) is 1. The Morgan fingerprint density at radius 2 is 2.11 bits per heavy atom. The van der Waals surface area contributed by atoms with Gasteiger partial charge in [0, 0.05) is 16.8 Å². The molecule has 2 aromatic rings. The number of aromatic nitrogens is 1. The second-order valence-corrected chi connectivity index (χ2v) is 4.48. The zero-order valence-corrected chi connectivity index (χ0v) is 11.4. The highest BCUT2D eigenvalue weighted by Crippen LogP contribution is 2.31. The number of benzene rings is 1. The summed E-state index contributed by atoms with van der Waals surface area (Å²) in [5.74, 6) is 0.279. The molecule has 0 radical (unpaired) electrons. The van der Waals surface area contributed by atoms with Gasteiger partial charge in [0.1, 0.15) is 11.6 Å². The number of ether oxygens (including phenoxy) is 1. The number of pyridine rings is 1. The first-order chi connectivity index (χ1) is 9.15. The Hall–Kier alpha value is -1.65. The molecular formula is C14H14ClFN2O. The summed E-state index contributed by atoms with van der Waals surface area (Å²) in [7, 11) is 3.37. The van der Waals surface area contributed by atoms with Crippen molar-refractivity contribution in [2.45, 2.75) is 6.04 Å². The Morgan fingerprint density at radius 3 is 2.74 bits per heavy atom. The van der Waals surface area contributed by atoms with Crippen LogP contribution in [0.15, 0.2) is 36.7 Å². The standard InChI is InChI=1S/C14H14ClFN2O/c1-17-14(9-5-11(16)8-18-7-9)12-4-3-10(15)6-13(12)19-2/h3-8,14,17H,1-2H3. The number of hydrogen-bond acceptors (Lipinski definition) is 3. The van der Waals surface area contributed by atoms with Gasteiger partial charge in [0.05, 0.1) is 19.3 Å². The molecular weight excluding hydrogens is 267 g/mol. The van der Waals surface area contributed by atoms with E-state index >= 15 is 0 Å². The Morgan fingerprint density at radius 1 is 1.32 bits per heavy atom. The molecule has 0 bridgehead atoms. The van der Waals surface area contributed by atoms with Gasteiger partial charge in [0.25, 0.3) is 0 Å². The summed E-state index contributed by atoms with van der Waals surface area (Å²) < 4.78 is 18.6. The van der Waals surface area contributed by atoms with Crippen molar-refractivity contribution in [3.8, 4) is 5.75 Å². The number of methoxy groups -OCH3 is 1. The lowest BCUT2D eigenvalue weighted by molar-refractivity contribution is 0.405. The van der Waals surface area contributed by atoms with Crippen LogP contribution < -0.4 is 10.1 Å². The van der Waals surface area contributed by atoms with Gasteiger partial charge in [-0.25, -0.2) is 4.39 Å².